The number of imidazole rings is 1. The van der Waals surface area contributed by atoms with Crippen LogP contribution in [0.2, 0.25) is 0 Å². The van der Waals surface area contributed by atoms with Crippen molar-refractivity contribution in [3.8, 4) is 22.5 Å². The lowest BCUT2D eigenvalue weighted by Crippen LogP contribution is -2.52. The number of imide groups is 1. The summed E-state index contributed by atoms with van der Waals surface area (Å²) in [6.45, 7) is 0.343. The molecule has 2 aliphatic heterocycles. The average molecular weight is 404 g/mol. The average Bonchev–Trinajstić information content (AvgIpc) is 3.39. The standard InChI is InChI=1S/C21H20N6O3/c1-25-11-22-9-17(25)19-15(8-23-26(19)2)12-3-4-14-13(7-12)10-27(21(14)30)16-5-6-18(28)24-20(16)29/h3-4,7-9,11,16H,5-6,10H2,1-2H3,(H,24,28,29)/t16-/m0/s1. The first-order valence-electron chi connectivity index (χ1n) is 9.70. The molecule has 0 bridgehead atoms. The molecule has 3 aromatic rings. The lowest BCUT2D eigenvalue weighted by Gasteiger charge is -2.29. The fourth-order valence-electron chi connectivity index (χ4n) is 4.28. The maximum atomic E-state index is 12.9. The number of nitrogens with one attached hydrogen (secondary N) is 1. The van der Waals surface area contributed by atoms with Gasteiger partial charge in [0.05, 0.1) is 30.1 Å². The Bertz CT molecular complexity index is 1210. The minimum Gasteiger partial charge on any atom is -0.332 e. The van der Waals surface area contributed by atoms with Crippen molar-refractivity contribution in [2.75, 3.05) is 0 Å². The van der Waals surface area contributed by atoms with Crippen molar-refractivity contribution in [2.45, 2.75) is 25.4 Å². The number of fused-ring (bicyclic) bond motifs is 1. The topological polar surface area (TPSA) is 102 Å². The Morgan fingerprint density at radius 2 is 1.93 bits per heavy atom. The molecule has 30 heavy (non-hydrogen) atoms. The second-order valence-corrected chi connectivity index (χ2v) is 7.69. The third kappa shape index (κ3) is 2.73. The summed E-state index contributed by atoms with van der Waals surface area (Å²) in [5.41, 5.74) is 5.20. The Labute approximate surface area is 172 Å². The van der Waals surface area contributed by atoms with Crippen LogP contribution in [-0.2, 0) is 30.2 Å². The second-order valence-electron chi connectivity index (χ2n) is 7.69. The number of carbonyl (C=O) groups is 3. The van der Waals surface area contributed by atoms with Crippen LogP contribution in [0.3, 0.4) is 0 Å². The Balaban J connectivity index is 1.50. The summed E-state index contributed by atoms with van der Waals surface area (Å²) in [5.74, 6) is -0.871. The molecule has 0 radical (unpaired) electrons. The highest BCUT2D eigenvalue weighted by Crippen LogP contribution is 2.35. The van der Waals surface area contributed by atoms with Gasteiger partial charge in [0.15, 0.2) is 0 Å². The van der Waals surface area contributed by atoms with Crippen molar-refractivity contribution in [3.63, 3.8) is 0 Å². The fourth-order valence-corrected chi connectivity index (χ4v) is 4.28. The van der Waals surface area contributed by atoms with E-state index in [-0.39, 0.29) is 18.2 Å². The van der Waals surface area contributed by atoms with Gasteiger partial charge < -0.3 is 9.47 Å². The highest BCUT2D eigenvalue weighted by atomic mass is 16.2. The maximum absolute atomic E-state index is 12.9. The molecule has 0 saturated carbocycles. The van der Waals surface area contributed by atoms with Gasteiger partial charge in [-0.3, -0.25) is 24.4 Å². The number of benzene rings is 1. The van der Waals surface area contributed by atoms with Gasteiger partial charge in [0, 0.05) is 38.2 Å². The van der Waals surface area contributed by atoms with Crippen LogP contribution in [0.25, 0.3) is 22.5 Å². The lowest BCUT2D eigenvalue weighted by atomic mass is 10.00. The first-order chi connectivity index (χ1) is 14.4. The number of hydrogen-bond acceptors (Lipinski definition) is 5. The van der Waals surface area contributed by atoms with E-state index in [2.05, 4.69) is 15.4 Å². The molecule has 1 fully saturated rings. The van der Waals surface area contributed by atoms with Gasteiger partial charge in [-0.2, -0.15) is 5.10 Å². The molecule has 152 valence electrons. The van der Waals surface area contributed by atoms with Gasteiger partial charge in [0.2, 0.25) is 11.8 Å². The summed E-state index contributed by atoms with van der Waals surface area (Å²) in [6, 6.07) is 5.07. The number of nitrogens with zero attached hydrogens (tertiary/aromatic N) is 5. The molecule has 1 aromatic carbocycles. The molecule has 3 amide bonds. The Hall–Kier alpha value is -3.75. The van der Waals surface area contributed by atoms with Crippen molar-refractivity contribution in [1.82, 2.24) is 29.5 Å². The Morgan fingerprint density at radius 1 is 1.10 bits per heavy atom. The van der Waals surface area contributed by atoms with Crippen molar-refractivity contribution < 1.29 is 14.4 Å². The number of amides is 3. The van der Waals surface area contributed by atoms with Crippen molar-refractivity contribution in [1.29, 1.82) is 0 Å². The van der Waals surface area contributed by atoms with E-state index in [1.54, 1.807) is 34.4 Å². The quantitative estimate of drug-likeness (QED) is 0.662. The molecule has 4 heterocycles. The van der Waals surface area contributed by atoms with Crippen molar-refractivity contribution in [2.24, 2.45) is 14.1 Å². The molecule has 0 spiro atoms. The summed E-state index contributed by atoms with van der Waals surface area (Å²) >= 11 is 0. The molecule has 1 atom stereocenters. The number of aromatic nitrogens is 4. The second kappa shape index (κ2) is 6.65. The molecular formula is C21H20N6O3. The van der Waals surface area contributed by atoms with Crippen LogP contribution < -0.4 is 5.32 Å². The van der Waals surface area contributed by atoms with E-state index in [9.17, 15) is 14.4 Å². The van der Waals surface area contributed by atoms with Crippen LogP contribution in [-0.4, -0.2) is 48.0 Å². The van der Waals surface area contributed by atoms with E-state index in [0.717, 1.165) is 28.1 Å². The zero-order valence-electron chi connectivity index (χ0n) is 16.6. The lowest BCUT2D eigenvalue weighted by molar-refractivity contribution is -0.136. The number of carbonyl (C=O) groups excluding carboxylic acids is 3. The SMILES string of the molecule is Cn1cncc1-c1c(-c2ccc3c(c2)CN([C@H]2CCC(=O)NC2=O)C3=O)cnn1C. The number of piperidine rings is 1. The molecule has 5 rings (SSSR count). The minimum absolute atomic E-state index is 0.177. The molecule has 9 nitrogen and oxygen atoms in total. The largest absolute Gasteiger partial charge is 0.332 e. The minimum atomic E-state index is -0.616. The van der Waals surface area contributed by atoms with Crippen LogP contribution in [0.1, 0.15) is 28.8 Å². The number of rotatable bonds is 3. The van der Waals surface area contributed by atoms with Gasteiger partial charge in [0.1, 0.15) is 6.04 Å². The summed E-state index contributed by atoms with van der Waals surface area (Å²) in [5, 5.41) is 6.75. The van der Waals surface area contributed by atoms with E-state index in [1.165, 1.54) is 0 Å². The van der Waals surface area contributed by atoms with Crippen LogP contribution in [0.15, 0.2) is 36.9 Å². The highest BCUT2D eigenvalue weighted by Gasteiger charge is 2.39. The van der Waals surface area contributed by atoms with E-state index in [0.29, 0.717) is 18.5 Å². The van der Waals surface area contributed by atoms with Gasteiger partial charge in [0.25, 0.3) is 5.91 Å². The fraction of sp³-hybridized carbons (Fsp3) is 0.286. The smallest absolute Gasteiger partial charge is 0.255 e. The third-order valence-corrected chi connectivity index (χ3v) is 5.83. The number of hydrogen-bond donors (Lipinski definition) is 1. The Kier molecular flexibility index (Phi) is 4.05. The summed E-state index contributed by atoms with van der Waals surface area (Å²) in [6.07, 6.45) is 5.93. The first-order valence-corrected chi connectivity index (χ1v) is 9.70. The molecular weight excluding hydrogens is 384 g/mol. The zero-order chi connectivity index (χ0) is 21.0. The first kappa shape index (κ1) is 18.3. The van der Waals surface area contributed by atoms with Crippen LogP contribution in [0, 0.1) is 0 Å². The van der Waals surface area contributed by atoms with E-state index in [1.807, 2.05) is 30.8 Å². The molecule has 2 aliphatic rings. The van der Waals surface area contributed by atoms with E-state index in [4.69, 9.17) is 0 Å². The molecule has 2 aromatic heterocycles. The predicted octanol–water partition coefficient (Wildman–Crippen LogP) is 1.25. The van der Waals surface area contributed by atoms with Crippen LogP contribution in [0.4, 0.5) is 0 Å². The highest BCUT2D eigenvalue weighted by molar-refractivity contribution is 6.05. The van der Waals surface area contributed by atoms with Gasteiger partial charge in [-0.15, -0.1) is 0 Å². The number of aryl methyl sites for hydroxylation is 2. The van der Waals surface area contributed by atoms with E-state index < -0.39 is 11.9 Å². The summed E-state index contributed by atoms with van der Waals surface area (Å²) < 4.78 is 3.74. The van der Waals surface area contributed by atoms with Crippen molar-refractivity contribution in [3.05, 3.63) is 48.0 Å². The molecule has 0 aliphatic carbocycles. The van der Waals surface area contributed by atoms with Crippen LogP contribution in [0.5, 0.6) is 0 Å². The summed E-state index contributed by atoms with van der Waals surface area (Å²) in [7, 11) is 3.81. The molecule has 0 unspecified atom stereocenters. The molecule has 1 saturated heterocycles. The van der Waals surface area contributed by atoms with E-state index >= 15 is 0 Å². The molecule has 1 N–H and O–H groups in total. The van der Waals surface area contributed by atoms with Gasteiger partial charge in [-0.1, -0.05) is 6.07 Å². The van der Waals surface area contributed by atoms with Crippen molar-refractivity contribution >= 4 is 17.7 Å². The predicted molar refractivity (Wildman–Crippen MR) is 107 cm³/mol. The zero-order valence-corrected chi connectivity index (χ0v) is 16.6. The van der Waals surface area contributed by atoms with Gasteiger partial charge in [-0.05, 0) is 29.7 Å². The van der Waals surface area contributed by atoms with Gasteiger partial charge >= 0.3 is 0 Å². The van der Waals surface area contributed by atoms with Gasteiger partial charge in [-0.25, -0.2) is 4.98 Å². The van der Waals surface area contributed by atoms with Crippen LogP contribution >= 0.6 is 0 Å². The normalized spacial score (nSPS) is 18.7. The summed E-state index contributed by atoms with van der Waals surface area (Å²) in [4.78, 5) is 42.4. The molecule has 9 heteroatoms. The third-order valence-electron chi connectivity index (χ3n) is 5.83. The Morgan fingerprint density at radius 3 is 2.67 bits per heavy atom. The monoisotopic (exact) mass is 404 g/mol. The maximum Gasteiger partial charge on any atom is 0.255 e.